The zero-order chi connectivity index (χ0) is 11.6. The summed E-state index contributed by atoms with van der Waals surface area (Å²) in [7, 11) is 0. The van der Waals surface area contributed by atoms with E-state index in [1.807, 2.05) is 6.92 Å². The van der Waals surface area contributed by atoms with Crippen LogP contribution in [0.5, 0.6) is 0 Å². The zero-order valence-electron chi connectivity index (χ0n) is 8.35. The van der Waals surface area contributed by atoms with Crippen LogP contribution in [-0.2, 0) is 4.79 Å². The largest absolute Gasteiger partial charge is 0.397 e. The molecule has 1 aliphatic heterocycles. The van der Waals surface area contributed by atoms with E-state index in [9.17, 15) is 18.0 Å². The van der Waals surface area contributed by atoms with Gasteiger partial charge < -0.3 is 4.90 Å². The number of carbonyl (C=O) groups is 1. The second kappa shape index (κ2) is 4.60. The molecule has 1 heterocycles. The summed E-state index contributed by atoms with van der Waals surface area (Å²) < 4.78 is 35.9. The Kier molecular flexibility index (Phi) is 3.87. The number of carbonyl (C=O) groups excluding carboxylic acids is 1. The number of alkyl halides is 4. The lowest BCUT2D eigenvalue weighted by Crippen LogP contribution is -2.44. The number of rotatable bonds is 1. The van der Waals surface area contributed by atoms with Crippen LogP contribution in [0, 0.1) is 5.92 Å². The van der Waals surface area contributed by atoms with Crippen molar-refractivity contribution >= 4 is 17.5 Å². The summed E-state index contributed by atoms with van der Waals surface area (Å²) in [6.45, 7) is 2.49. The van der Waals surface area contributed by atoms with Crippen LogP contribution in [0.25, 0.3) is 0 Å². The van der Waals surface area contributed by atoms with Gasteiger partial charge in [0.1, 0.15) is 6.42 Å². The molecule has 0 N–H and O–H groups in total. The van der Waals surface area contributed by atoms with Gasteiger partial charge in [-0.05, 0) is 12.3 Å². The van der Waals surface area contributed by atoms with Crippen LogP contribution in [0.4, 0.5) is 13.2 Å². The Morgan fingerprint density at radius 3 is 2.60 bits per heavy atom. The van der Waals surface area contributed by atoms with E-state index in [1.165, 1.54) is 4.90 Å². The van der Waals surface area contributed by atoms with Gasteiger partial charge in [0, 0.05) is 18.5 Å². The van der Waals surface area contributed by atoms with E-state index in [4.69, 9.17) is 11.6 Å². The highest BCUT2D eigenvalue weighted by Crippen LogP contribution is 2.25. The standard InChI is InChI=1S/C9H13ClF3NO/c1-6-5-14(3-2-7(6)10)8(15)4-9(11,12)13/h6-7H,2-5H2,1H3. The van der Waals surface area contributed by atoms with Gasteiger partial charge >= 0.3 is 6.18 Å². The van der Waals surface area contributed by atoms with E-state index in [0.29, 0.717) is 19.5 Å². The van der Waals surface area contributed by atoms with Gasteiger partial charge in [-0.3, -0.25) is 4.79 Å². The maximum atomic E-state index is 12.0. The van der Waals surface area contributed by atoms with Crippen LogP contribution in [0.1, 0.15) is 19.8 Å². The summed E-state index contributed by atoms with van der Waals surface area (Å²) in [6, 6.07) is 0. The molecule has 2 nitrogen and oxygen atoms in total. The molecular weight excluding hydrogens is 231 g/mol. The van der Waals surface area contributed by atoms with Crippen LogP contribution < -0.4 is 0 Å². The molecule has 15 heavy (non-hydrogen) atoms. The van der Waals surface area contributed by atoms with Gasteiger partial charge in [0.15, 0.2) is 0 Å². The van der Waals surface area contributed by atoms with Crippen molar-refractivity contribution in [1.82, 2.24) is 4.90 Å². The molecule has 1 saturated heterocycles. The predicted octanol–water partition coefficient (Wildman–Crippen LogP) is 2.41. The summed E-state index contributed by atoms with van der Waals surface area (Å²) >= 11 is 5.91. The smallest absolute Gasteiger partial charge is 0.342 e. The number of nitrogens with zero attached hydrogens (tertiary/aromatic N) is 1. The van der Waals surface area contributed by atoms with Gasteiger partial charge in [-0.1, -0.05) is 6.92 Å². The lowest BCUT2D eigenvalue weighted by Gasteiger charge is -2.34. The summed E-state index contributed by atoms with van der Waals surface area (Å²) in [5, 5.41) is -0.0417. The van der Waals surface area contributed by atoms with E-state index >= 15 is 0 Å². The van der Waals surface area contributed by atoms with Crippen LogP contribution in [-0.4, -0.2) is 35.4 Å². The minimum absolute atomic E-state index is 0.0417. The van der Waals surface area contributed by atoms with Gasteiger partial charge in [0.2, 0.25) is 5.91 Å². The van der Waals surface area contributed by atoms with Crippen molar-refractivity contribution in [3.8, 4) is 0 Å². The SMILES string of the molecule is CC1CN(C(=O)CC(F)(F)F)CCC1Cl. The topological polar surface area (TPSA) is 20.3 Å². The maximum Gasteiger partial charge on any atom is 0.397 e. The lowest BCUT2D eigenvalue weighted by atomic mass is 9.99. The Morgan fingerprint density at radius 2 is 2.13 bits per heavy atom. The molecule has 0 spiro atoms. The van der Waals surface area contributed by atoms with Gasteiger partial charge in [0.25, 0.3) is 0 Å². The highest BCUT2D eigenvalue weighted by Gasteiger charge is 2.35. The Bertz CT molecular complexity index is 244. The average Bonchev–Trinajstić information content (AvgIpc) is 2.06. The van der Waals surface area contributed by atoms with Gasteiger partial charge in [-0.15, -0.1) is 11.6 Å². The number of amides is 1. The summed E-state index contributed by atoms with van der Waals surface area (Å²) in [5.41, 5.74) is 0. The normalized spacial score (nSPS) is 27.9. The van der Waals surface area contributed by atoms with Gasteiger partial charge in [0.05, 0.1) is 0 Å². The summed E-state index contributed by atoms with van der Waals surface area (Å²) in [5.74, 6) is -0.796. The van der Waals surface area contributed by atoms with E-state index in [2.05, 4.69) is 0 Å². The second-order valence-electron chi connectivity index (χ2n) is 3.91. The quantitative estimate of drug-likeness (QED) is 0.648. The van der Waals surface area contributed by atoms with Crippen LogP contribution in [0.15, 0.2) is 0 Å². The second-order valence-corrected chi connectivity index (χ2v) is 4.47. The Morgan fingerprint density at radius 1 is 1.53 bits per heavy atom. The Hall–Kier alpha value is -0.450. The first-order chi connectivity index (χ1) is 6.79. The molecule has 1 fully saturated rings. The molecule has 6 heteroatoms. The first-order valence-corrected chi connectivity index (χ1v) is 5.22. The molecule has 0 saturated carbocycles. The highest BCUT2D eigenvalue weighted by molar-refractivity contribution is 6.20. The van der Waals surface area contributed by atoms with E-state index in [0.717, 1.165) is 0 Å². The molecule has 1 rings (SSSR count). The zero-order valence-corrected chi connectivity index (χ0v) is 9.11. The lowest BCUT2D eigenvalue weighted by molar-refractivity contribution is -0.162. The molecule has 0 aliphatic carbocycles. The van der Waals surface area contributed by atoms with Crippen molar-refractivity contribution in [1.29, 1.82) is 0 Å². The van der Waals surface area contributed by atoms with Crippen molar-refractivity contribution in [2.45, 2.75) is 31.3 Å². The highest BCUT2D eigenvalue weighted by atomic mass is 35.5. The molecule has 2 atom stereocenters. The van der Waals surface area contributed by atoms with Crippen molar-refractivity contribution < 1.29 is 18.0 Å². The average molecular weight is 244 g/mol. The van der Waals surface area contributed by atoms with E-state index in [1.54, 1.807) is 0 Å². The van der Waals surface area contributed by atoms with Crippen molar-refractivity contribution in [2.75, 3.05) is 13.1 Å². The summed E-state index contributed by atoms with van der Waals surface area (Å²) in [4.78, 5) is 12.5. The van der Waals surface area contributed by atoms with Gasteiger partial charge in [-0.2, -0.15) is 13.2 Å². The maximum absolute atomic E-state index is 12.0. The Labute approximate surface area is 91.4 Å². The third-order valence-electron chi connectivity index (χ3n) is 2.50. The predicted molar refractivity (Wildman–Crippen MR) is 50.7 cm³/mol. The van der Waals surface area contributed by atoms with Gasteiger partial charge in [-0.25, -0.2) is 0 Å². The monoisotopic (exact) mass is 243 g/mol. The minimum Gasteiger partial charge on any atom is -0.342 e. The summed E-state index contributed by atoms with van der Waals surface area (Å²) in [6.07, 6.45) is -5.23. The molecule has 0 aromatic rings. The number of hydrogen-bond acceptors (Lipinski definition) is 1. The molecule has 0 radical (unpaired) electrons. The number of piperidine rings is 1. The molecule has 0 bridgehead atoms. The van der Waals surface area contributed by atoms with E-state index in [-0.39, 0.29) is 11.3 Å². The van der Waals surface area contributed by atoms with E-state index < -0.39 is 18.5 Å². The first kappa shape index (κ1) is 12.6. The van der Waals surface area contributed by atoms with Crippen LogP contribution >= 0.6 is 11.6 Å². The minimum atomic E-state index is -4.42. The van der Waals surface area contributed by atoms with Crippen molar-refractivity contribution in [3.05, 3.63) is 0 Å². The number of likely N-dealkylation sites (tertiary alicyclic amines) is 1. The molecule has 0 aromatic carbocycles. The molecule has 2 unspecified atom stereocenters. The third kappa shape index (κ3) is 3.89. The molecule has 0 aromatic heterocycles. The van der Waals surface area contributed by atoms with Crippen molar-refractivity contribution in [2.24, 2.45) is 5.92 Å². The fourth-order valence-electron chi connectivity index (χ4n) is 1.63. The fraction of sp³-hybridized carbons (Fsp3) is 0.889. The van der Waals surface area contributed by atoms with Crippen LogP contribution in [0.3, 0.4) is 0 Å². The number of halogens is 4. The molecule has 1 aliphatic rings. The first-order valence-electron chi connectivity index (χ1n) is 4.78. The fourth-order valence-corrected chi connectivity index (χ4v) is 1.80. The molecular formula is C9H13ClF3NO. The van der Waals surface area contributed by atoms with Crippen molar-refractivity contribution in [3.63, 3.8) is 0 Å². The van der Waals surface area contributed by atoms with Crippen LogP contribution in [0.2, 0.25) is 0 Å². The molecule has 88 valence electrons. The number of hydrogen-bond donors (Lipinski definition) is 0. The Balaban J connectivity index is 2.48. The molecule has 1 amide bonds. The third-order valence-corrected chi connectivity index (χ3v) is 3.15.